The maximum atomic E-state index is 11.5. The van der Waals surface area contributed by atoms with E-state index in [1.54, 1.807) is 18.2 Å². The Balaban J connectivity index is 2.95. The van der Waals surface area contributed by atoms with Crippen molar-refractivity contribution in [3.8, 4) is 0 Å². The molecule has 1 aromatic rings. The molecule has 0 fully saturated rings. The van der Waals surface area contributed by atoms with Gasteiger partial charge in [-0.25, -0.2) is 5.06 Å². The van der Waals surface area contributed by atoms with Gasteiger partial charge in [-0.3, -0.25) is 14.4 Å². The molecule has 0 saturated carbocycles. The number of carbonyl (C=O) groups excluding carboxylic acids is 2. The van der Waals surface area contributed by atoms with Crippen molar-refractivity contribution < 1.29 is 14.4 Å². The van der Waals surface area contributed by atoms with E-state index in [1.165, 1.54) is 20.2 Å². The van der Waals surface area contributed by atoms with Crippen molar-refractivity contribution in [1.29, 1.82) is 0 Å². The second kappa shape index (κ2) is 4.53. The fraction of sp³-hybridized carbons (Fsp3) is 0.200. The summed E-state index contributed by atoms with van der Waals surface area (Å²) in [6.07, 6.45) is 0.698. The zero-order valence-electron chi connectivity index (χ0n) is 8.06. The lowest BCUT2D eigenvalue weighted by molar-refractivity contribution is -0.0757. The maximum absolute atomic E-state index is 11.5. The van der Waals surface area contributed by atoms with Crippen LogP contribution in [-0.4, -0.2) is 31.4 Å². The highest BCUT2D eigenvalue weighted by Crippen LogP contribution is 2.06. The smallest absolute Gasteiger partial charge is 0.277 e. The van der Waals surface area contributed by atoms with E-state index in [0.29, 0.717) is 17.4 Å². The van der Waals surface area contributed by atoms with Crippen LogP contribution in [0.4, 0.5) is 0 Å². The van der Waals surface area contributed by atoms with Crippen LogP contribution >= 0.6 is 0 Å². The monoisotopic (exact) mass is 193 g/mol. The Hall–Kier alpha value is -1.68. The highest BCUT2D eigenvalue weighted by molar-refractivity contribution is 5.94. The number of benzene rings is 1. The van der Waals surface area contributed by atoms with Gasteiger partial charge in [0, 0.05) is 18.2 Å². The quantitative estimate of drug-likeness (QED) is 0.534. The van der Waals surface area contributed by atoms with Gasteiger partial charge in [0.1, 0.15) is 6.29 Å². The zero-order chi connectivity index (χ0) is 10.6. The highest BCUT2D eigenvalue weighted by atomic mass is 16.7. The van der Waals surface area contributed by atoms with Gasteiger partial charge in [0.05, 0.1) is 7.11 Å². The van der Waals surface area contributed by atoms with Crippen LogP contribution in [0.2, 0.25) is 0 Å². The predicted molar refractivity (Wildman–Crippen MR) is 50.9 cm³/mol. The topological polar surface area (TPSA) is 46.6 Å². The number of hydrogen-bond donors (Lipinski definition) is 0. The molecule has 0 N–H and O–H groups in total. The van der Waals surface area contributed by atoms with Crippen molar-refractivity contribution in [2.45, 2.75) is 0 Å². The molecule has 0 aliphatic heterocycles. The molecule has 0 spiro atoms. The molecule has 0 heterocycles. The normalized spacial score (nSPS) is 9.57. The molecule has 4 nitrogen and oxygen atoms in total. The van der Waals surface area contributed by atoms with Crippen LogP contribution in [-0.2, 0) is 4.84 Å². The van der Waals surface area contributed by atoms with Crippen molar-refractivity contribution in [2.75, 3.05) is 14.2 Å². The fourth-order valence-electron chi connectivity index (χ4n) is 1.01. The summed E-state index contributed by atoms with van der Waals surface area (Å²) in [6, 6.07) is 6.44. The number of nitrogens with zero attached hydrogens (tertiary/aromatic N) is 1. The molecule has 0 saturated heterocycles. The Labute approximate surface area is 82.0 Å². The van der Waals surface area contributed by atoms with Crippen molar-refractivity contribution >= 4 is 12.2 Å². The molecule has 74 valence electrons. The third-order valence-corrected chi connectivity index (χ3v) is 1.83. The van der Waals surface area contributed by atoms with Crippen LogP contribution in [0, 0.1) is 0 Å². The van der Waals surface area contributed by atoms with E-state index in [-0.39, 0.29) is 5.91 Å². The molecule has 0 aliphatic rings. The second-order valence-electron chi connectivity index (χ2n) is 2.73. The van der Waals surface area contributed by atoms with E-state index in [0.717, 1.165) is 5.06 Å². The molecule has 1 rings (SSSR count). The number of hydroxylamine groups is 2. The zero-order valence-corrected chi connectivity index (χ0v) is 8.06. The molecule has 0 aromatic heterocycles. The van der Waals surface area contributed by atoms with Crippen LogP contribution in [0.25, 0.3) is 0 Å². The third kappa shape index (κ3) is 2.17. The van der Waals surface area contributed by atoms with Gasteiger partial charge < -0.3 is 0 Å². The summed E-state index contributed by atoms with van der Waals surface area (Å²) in [7, 11) is 2.91. The summed E-state index contributed by atoms with van der Waals surface area (Å²) in [5.74, 6) is -0.281. The Bertz CT molecular complexity index is 349. The molecule has 14 heavy (non-hydrogen) atoms. The van der Waals surface area contributed by atoms with Gasteiger partial charge in [0.2, 0.25) is 0 Å². The van der Waals surface area contributed by atoms with E-state index in [1.807, 2.05) is 0 Å². The number of amides is 1. The second-order valence-corrected chi connectivity index (χ2v) is 2.73. The first kappa shape index (κ1) is 10.4. The fourth-order valence-corrected chi connectivity index (χ4v) is 1.01. The van der Waals surface area contributed by atoms with E-state index in [4.69, 9.17) is 4.84 Å². The Morgan fingerprint density at radius 1 is 1.50 bits per heavy atom. The lowest BCUT2D eigenvalue weighted by Crippen LogP contribution is -2.25. The first-order valence-corrected chi connectivity index (χ1v) is 4.06. The average molecular weight is 193 g/mol. The summed E-state index contributed by atoms with van der Waals surface area (Å²) in [4.78, 5) is 26.7. The molecular weight excluding hydrogens is 182 g/mol. The number of aldehydes is 1. The molecule has 4 heteroatoms. The molecular formula is C10H11NO3. The Morgan fingerprint density at radius 3 is 2.79 bits per heavy atom. The van der Waals surface area contributed by atoms with Gasteiger partial charge in [-0.1, -0.05) is 12.1 Å². The van der Waals surface area contributed by atoms with Crippen LogP contribution in [0.1, 0.15) is 20.7 Å². The molecule has 0 unspecified atom stereocenters. The lowest BCUT2D eigenvalue weighted by atomic mass is 10.1. The van der Waals surface area contributed by atoms with Gasteiger partial charge in [-0.05, 0) is 12.1 Å². The summed E-state index contributed by atoms with van der Waals surface area (Å²) in [5.41, 5.74) is 0.902. The standard InChI is InChI=1S/C10H11NO3/c1-11(14-2)10(13)9-5-3-4-8(6-9)7-12/h3-7H,1-2H3. The largest absolute Gasteiger partial charge is 0.298 e. The molecule has 1 aromatic carbocycles. The van der Waals surface area contributed by atoms with Crippen molar-refractivity contribution in [2.24, 2.45) is 0 Å². The van der Waals surface area contributed by atoms with Crippen molar-refractivity contribution in [3.05, 3.63) is 35.4 Å². The summed E-state index contributed by atoms with van der Waals surface area (Å²) < 4.78 is 0. The summed E-state index contributed by atoms with van der Waals surface area (Å²) >= 11 is 0. The molecule has 1 amide bonds. The summed E-state index contributed by atoms with van der Waals surface area (Å²) in [6.45, 7) is 0. The van der Waals surface area contributed by atoms with Crippen LogP contribution in [0.5, 0.6) is 0 Å². The SMILES string of the molecule is CON(C)C(=O)c1cccc(C=O)c1. The average Bonchev–Trinajstić information content (AvgIpc) is 2.27. The molecule has 0 aliphatic carbocycles. The molecule has 0 bridgehead atoms. The van der Waals surface area contributed by atoms with Crippen molar-refractivity contribution in [3.63, 3.8) is 0 Å². The van der Waals surface area contributed by atoms with E-state index in [9.17, 15) is 9.59 Å². The van der Waals surface area contributed by atoms with Gasteiger partial charge in [-0.15, -0.1) is 0 Å². The van der Waals surface area contributed by atoms with Crippen LogP contribution in [0.15, 0.2) is 24.3 Å². The minimum atomic E-state index is -0.281. The lowest BCUT2D eigenvalue weighted by Gasteiger charge is -2.13. The Morgan fingerprint density at radius 2 is 2.21 bits per heavy atom. The first-order valence-electron chi connectivity index (χ1n) is 4.06. The minimum Gasteiger partial charge on any atom is -0.298 e. The van der Waals surface area contributed by atoms with E-state index in [2.05, 4.69) is 0 Å². The number of hydrogen-bond acceptors (Lipinski definition) is 3. The van der Waals surface area contributed by atoms with Crippen LogP contribution < -0.4 is 0 Å². The Kier molecular flexibility index (Phi) is 3.36. The van der Waals surface area contributed by atoms with Gasteiger partial charge in [-0.2, -0.15) is 0 Å². The maximum Gasteiger partial charge on any atom is 0.277 e. The third-order valence-electron chi connectivity index (χ3n) is 1.83. The molecule has 0 radical (unpaired) electrons. The van der Waals surface area contributed by atoms with Crippen LogP contribution in [0.3, 0.4) is 0 Å². The number of rotatable bonds is 3. The minimum absolute atomic E-state index is 0.281. The predicted octanol–water partition coefficient (Wildman–Crippen LogP) is 1.13. The van der Waals surface area contributed by atoms with E-state index >= 15 is 0 Å². The summed E-state index contributed by atoms with van der Waals surface area (Å²) in [5, 5.41) is 1.10. The van der Waals surface area contributed by atoms with Gasteiger partial charge >= 0.3 is 0 Å². The molecule has 0 atom stereocenters. The van der Waals surface area contributed by atoms with Crippen molar-refractivity contribution in [1.82, 2.24) is 5.06 Å². The van der Waals surface area contributed by atoms with E-state index < -0.39 is 0 Å². The first-order chi connectivity index (χ1) is 6.69. The number of carbonyl (C=O) groups is 2. The van der Waals surface area contributed by atoms with Gasteiger partial charge in [0.25, 0.3) is 5.91 Å². The van der Waals surface area contributed by atoms with Gasteiger partial charge in [0.15, 0.2) is 0 Å². The highest BCUT2D eigenvalue weighted by Gasteiger charge is 2.10.